The number of rotatable bonds is 6. The van der Waals surface area contributed by atoms with Crippen LogP contribution in [0.15, 0.2) is 54.9 Å². The molecule has 1 aliphatic heterocycles. The van der Waals surface area contributed by atoms with E-state index in [1.54, 1.807) is 18.5 Å². The predicted molar refractivity (Wildman–Crippen MR) is 134 cm³/mol. The highest BCUT2D eigenvalue weighted by atomic mass is 16.2. The standard InChI is InChI=1S/C26H31N7O/c1-16-7-5-6-8-21(16)25-18(3)33(4)15-23(25)31-26(34)32-24-12-19(13-27)22(14-29-24)30-20-9-10-28-17(2)11-20/h5-14,18,23,25,27H,15H2,1-4H3,(H,28,30)(H2,29,31,32,34)/p+1/t18-,23+,25-/m0/s1. The summed E-state index contributed by atoms with van der Waals surface area (Å²) in [7, 11) is 2.09. The van der Waals surface area contributed by atoms with Gasteiger partial charge in [-0.3, -0.25) is 15.6 Å². The number of carbonyl (C=O) groups excluding carboxylic acids is 1. The molecule has 0 bridgehead atoms. The summed E-state index contributed by atoms with van der Waals surface area (Å²) in [6, 6.07) is 13.9. The monoisotopic (exact) mass is 458 g/mol. The number of nitrogens with zero attached hydrogens (tertiary/aromatic N) is 3. The number of quaternary nitrogens is 1. The molecular weight excluding hydrogens is 426 g/mol. The van der Waals surface area contributed by atoms with Crippen molar-refractivity contribution in [3.8, 4) is 0 Å². The minimum Gasteiger partial charge on any atom is -0.333 e. The zero-order valence-corrected chi connectivity index (χ0v) is 20.0. The lowest BCUT2D eigenvalue weighted by atomic mass is 9.86. The molecule has 8 nitrogen and oxygen atoms in total. The van der Waals surface area contributed by atoms with E-state index in [0.717, 1.165) is 23.6 Å². The molecule has 4 rings (SSSR count). The zero-order valence-electron chi connectivity index (χ0n) is 20.0. The molecule has 1 fully saturated rings. The Bertz CT molecular complexity index is 1200. The number of carbonyl (C=O) groups is 1. The minimum absolute atomic E-state index is 0.0224. The Morgan fingerprint density at radius 2 is 2.00 bits per heavy atom. The van der Waals surface area contributed by atoms with Crippen molar-refractivity contribution < 1.29 is 10.1 Å². The topological polar surface area (TPSA) is 111 Å². The van der Waals surface area contributed by atoms with E-state index in [1.807, 2.05) is 30.4 Å². The maximum Gasteiger partial charge on any atom is 0.320 e. The zero-order chi connectivity index (χ0) is 24.2. The number of aryl methyl sites for hydroxylation is 2. The molecule has 1 aromatic carbocycles. The summed E-state index contributed by atoms with van der Waals surface area (Å²) in [5, 5.41) is 15.8. The lowest BCUT2D eigenvalue weighted by Crippen LogP contribution is -2.71. The first-order chi connectivity index (χ1) is 16.4. The van der Waals surface area contributed by atoms with Gasteiger partial charge in [0.15, 0.2) is 5.69 Å². The molecular formula is C26H32N7O+. The molecule has 1 saturated heterocycles. The summed E-state index contributed by atoms with van der Waals surface area (Å²) >= 11 is 0. The van der Waals surface area contributed by atoms with E-state index in [9.17, 15) is 4.79 Å². The van der Waals surface area contributed by atoms with Gasteiger partial charge in [0.2, 0.25) is 0 Å². The molecule has 5 N–H and O–H groups in total. The lowest BCUT2D eigenvalue weighted by Gasteiger charge is -2.25. The fourth-order valence-electron chi connectivity index (χ4n) is 4.73. The van der Waals surface area contributed by atoms with E-state index in [1.165, 1.54) is 17.3 Å². The van der Waals surface area contributed by atoms with Gasteiger partial charge in [0.1, 0.15) is 11.5 Å². The van der Waals surface area contributed by atoms with Gasteiger partial charge < -0.3 is 15.6 Å². The van der Waals surface area contributed by atoms with Crippen molar-refractivity contribution in [3.63, 3.8) is 0 Å². The maximum absolute atomic E-state index is 12.9. The van der Waals surface area contributed by atoms with Crippen LogP contribution in [0.1, 0.15) is 35.2 Å². The van der Waals surface area contributed by atoms with E-state index in [0.29, 0.717) is 17.4 Å². The first-order valence-corrected chi connectivity index (χ1v) is 11.5. The number of urea groups is 1. The van der Waals surface area contributed by atoms with Crippen LogP contribution in [0.4, 0.5) is 22.0 Å². The summed E-state index contributed by atoms with van der Waals surface area (Å²) in [4.78, 5) is 23.8. The van der Waals surface area contributed by atoms with E-state index in [-0.39, 0.29) is 18.0 Å². The van der Waals surface area contributed by atoms with E-state index in [2.05, 4.69) is 64.6 Å². The van der Waals surface area contributed by atoms with Gasteiger partial charge in [0.25, 0.3) is 0 Å². The molecule has 0 unspecified atom stereocenters. The second-order valence-electron chi connectivity index (χ2n) is 8.99. The van der Waals surface area contributed by atoms with Gasteiger partial charge in [-0.1, -0.05) is 24.3 Å². The Balaban J connectivity index is 1.47. The van der Waals surface area contributed by atoms with Crippen LogP contribution >= 0.6 is 0 Å². The molecule has 2 amide bonds. The molecule has 176 valence electrons. The Morgan fingerprint density at radius 3 is 2.74 bits per heavy atom. The summed E-state index contributed by atoms with van der Waals surface area (Å²) in [5.41, 5.74) is 5.88. The van der Waals surface area contributed by atoms with Gasteiger partial charge in [-0.25, -0.2) is 9.78 Å². The number of nitrogens with one attached hydrogen (secondary N) is 3. The number of hydrogen-bond acceptors (Lipinski definition) is 5. The van der Waals surface area contributed by atoms with Crippen molar-refractivity contribution in [2.24, 2.45) is 0 Å². The van der Waals surface area contributed by atoms with Gasteiger partial charge in [-0.15, -0.1) is 0 Å². The number of amides is 2. The third-order valence-electron chi connectivity index (χ3n) is 6.61. The van der Waals surface area contributed by atoms with Crippen LogP contribution in [0.2, 0.25) is 0 Å². The highest BCUT2D eigenvalue weighted by Crippen LogP contribution is 2.34. The highest BCUT2D eigenvalue weighted by molar-refractivity contribution is 5.91. The van der Waals surface area contributed by atoms with E-state index < -0.39 is 0 Å². The SMILES string of the molecule is Cc1cc([NH2+]c2cnc(NC(=O)N[C@@H]3CN(C)[C@@H](C)[C@H]3c3ccccc3C)cc2C=N)ccn1. The molecule has 0 aliphatic carbocycles. The van der Waals surface area contributed by atoms with E-state index in [4.69, 9.17) is 5.41 Å². The molecule has 3 atom stereocenters. The number of likely N-dealkylation sites (N-methyl/N-ethyl adjacent to an activating group) is 1. The van der Waals surface area contributed by atoms with Crippen molar-refractivity contribution in [1.82, 2.24) is 20.2 Å². The summed E-state index contributed by atoms with van der Waals surface area (Å²) in [5.74, 6) is 0.605. The molecule has 0 spiro atoms. The van der Waals surface area contributed by atoms with Crippen LogP contribution in [0.5, 0.6) is 0 Å². The van der Waals surface area contributed by atoms with Crippen LogP contribution in [-0.2, 0) is 0 Å². The third-order valence-corrected chi connectivity index (χ3v) is 6.61. The number of aromatic nitrogens is 2. The average molecular weight is 459 g/mol. The number of pyridine rings is 2. The normalized spacial score (nSPS) is 20.2. The lowest BCUT2D eigenvalue weighted by molar-refractivity contribution is -0.479. The number of likely N-dealkylation sites (tertiary alicyclic amines) is 1. The largest absolute Gasteiger partial charge is 0.333 e. The van der Waals surface area contributed by atoms with Crippen LogP contribution in [0, 0.1) is 19.3 Å². The van der Waals surface area contributed by atoms with Gasteiger partial charge in [-0.05, 0) is 45.0 Å². The molecule has 8 heteroatoms. The van der Waals surface area contributed by atoms with Crippen LogP contribution in [0.25, 0.3) is 0 Å². The highest BCUT2D eigenvalue weighted by Gasteiger charge is 2.39. The van der Waals surface area contributed by atoms with Crippen molar-refractivity contribution >= 4 is 29.4 Å². The van der Waals surface area contributed by atoms with Crippen LogP contribution in [-0.4, -0.2) is 52.8 Å². The van der Waals surface area contributed by atoms with Crippen molar-refractivity contribution in [2.45, 2.75) is 38.8 Å². The van der Waals surface area contributed by atoms with Gasteiger partial charge in [0.05, 0.1) is 17.8 Å². The third kappa shape index (κ3) is 5.13. The summed E-state index contributed by atoms with van der Waals surface area (Å²) in [6.07, 6.45) is 4.70. The first kappa shape index (κ1) is 23.5. The average Bonchev–Trinajstić information content (AvgIpc) is 3.07. The first-order valence-electron chi connectivity index (χ1n) is 11.5. The fourth-order valence-corrected chi connectivity index (χ4v) is 4.73. The fraction of sp³-hybridized carbons (Fsp3) is 0.308. The van der Waals surface area contributed by atoms with Crippen molar-refractivity contribution in [3.05, 3.63) is 77.2 Å². The Morgan fingerprint density at radius 1 is 1.21 bits per heavy atom. The summed E-state index contributed by atoms with van der Waals surface area (Å²) < 4.78 is 0. The molecule has 2 aromatic heterocycles. The molecule has 3 heterocycles. The van der Waals surface area contributed by atoms with Crippen molar-refractivity contribution in [1.29, 1.82) is 5.41 Å². The summed E-state index contributed by atoms with van der Waals surface area (Å²) in [6.45, 7) is 7.03. The molecule has 0 radical (unpaired) electrons. The number of benzene rings is 1. The van der Waals surface area contributed by atoms with Gasteiger partial charge in [-0.2, -0.15) is 0 Å². The molecule has 34 heavy (non-hydrogen) atoms. The van der Waals surface area contributed by atoms with Gasteiger partial charge >= 0.3 is 6.03 Å². The number of nitrogens with two attached hydrogens (primary N) is 1. The second-order valence-corrected chi connectivity index (χ2v) is 8.99. The Labute approximate surface area is 200 Å². The second kappa shape index (κ2) is 10.1. The molecule has 3 aromatic rings. The predicted octanol–water partition coefficient (Wildman–Crippen LogP) is 3.23. The van der Waals surface area contributed by atoms with Gasteiger partial charge in [0, 0.05) is 48.7 Å². The number of hydrogen-bond donors (Lipinski definition) is 4. The van der Waals surface area contributed by atoms with Crippen LogP contribution in [0.3, 0.4) is 0 Å². The van der Waals surface area contributed by atoms with E-state index >= 15 is 0 Å². The quantitative estimate of drug-likeness (QED) is 0.425. The molecule has 1 aliphatic rings. The maximum atomic E-state index is 12.9. The molecule has 0 saturated carbocycles. The van der Waals surface area contributed by atoms with Crippen LogP contribution < -0.4 is 16.0 Å². The van der Waals surface area contributed by atoms with Crippen molar-refractivity contribution in [2.75, 3.05) is 18.9 Å². The Hall–Kier alpha value is -3.62. The Kier molecular flexibility index (Phi) is 7.00. The number of anilines is 1. The smallest absolute Gasteiger partial charge is 0.320 e. The minimum atomic E-state index is -0.295.